The van der Waals surface area contributed by atoms with Crippen LogP contribution in [-0.2, 0) is 44.4 Å². The summed E-state index contributed by atoms with van der Waals surface area (Å²) in [7, 11) is 0. The van der Waals surface area contributed by atoms with Crippen LogP contribution in [0.4, 0.5) is 4.79 Å². The van der Waals surface area contributed by atoms with Gasteiger partial charge in [0, 0.05) is 5.02 Å². The van der Waals surface area contributed by atoms with E-state index in [1.807, 2.05) is 6.07 Å². The lowest BCUT2D eigenvalue weighted by molar-refractivity contribution is -0.139. The van der Waals surface area contributed by atoms with Crippen LogP contribution in [0.25, 0.3) is 0 Å². The maximum Gasteiger partial charge on any atom is 0.408 e. The number of rotatable bonds is 11. The first-order chi connectivity index (χ1) is 16.3. The zero-order valence-corrected chi connectivity index (χ0v) is 19.2. The van der Waals surface area contributed by atoms with Gasteiger partial charge in [0.15, 0.2) is 16.4 Å². The van der Waals surface area contributed by atoms with E-state index in [4.69, 9.17) is 21.4 Å². The molecule has 2 N–H and O–H groups in total. The average molecular weight is 506 g/mol. The number of aromatic nitrogens is 4. The van der Waals surface area contributed by atoms with Crippen molar-refractivity contribution in [1.29, 1.82) is 0 Å². The third kappa shape index (κ3) is 7.54. The van der Waals surface area contributed by atoms with Crippen molar-refractivity contribution in [3.05, 3.63) is 71.0 Å². The quantitative estimate of drug-likeness (QED) is 0.371. The van der Waals surface area contributed by atoms with E-state index >= 15 is 0 Å². The Hall–Kier alpha value is -3.48. The van der Waals surface area contributed by atoms with Crippen molar-refractivity contribution in [1.82, 2.24) is 25.5 Å². The average Bonchev–Trinajstić information content (AvgIpc) is 3.24. The Morgan fingerprint density at radius 2 is 1.85 bits per heavy atom. The van der Waals surface area contributed by atoms with E-state index in [0.717, 1.165) is 10.2 Å². The summed E-state index contributed by atoms with van der Waals surface area (Å²) in [5, 5.41) is 23.0. The molecule has 3 rings (SSSR count). The highest BCUT2D eigenvalue weighted by Crippen LogP contribution is 2.18. The summed E-state index contributed by atoms with van der Waals surface area (Å²) in [6, 6.07) is 13.9. The maximum absolute atomic E-state index is 12.8. The van der Waals surface area contributed by atoms with Crippen molar-refractivity contribution in [2.75, 3.05) is 0 Å². The molecule has 0 saturated heterocycles. The molecule has 178 valence electrons. The summed E-state index contributed by atoms with van der Waals surface area (Å²) in [5.74, 6) is -1.88. The lowest BCUT2D eigenvalue weighted by Gasteiger charge is -2.16. The largest absolute Gasteiger partial charge is 0.611 e. The van der Waals surface area contributed by atoms with E-state index in [9.17, 15) is 18.9 Å². The predicted octanol–water partition coefficient (Wildman–Crippen LogP) is 1.97. The van der Waals surface area contributed by atoms with Crippen LogP contribution in [0.15, 0.2) is 59.5 Å². The van der Waals surface area contributed by atoms with Crippen LogP contribution in [-0.4, -0.2) is 53.8 Å². The standard InChI is InChI=1S/C21H20ClN5O6S/c22-15-6-8-16(9-7-15)34(32)13-19-24-25-26-27(19)11-18(28)17(10-20(29)30)23-21(31)33-12-14-4-2-1-3-5-14/h1-9,17H,10-13H2,(H,23,31)(H,29,30). The number of carbonyl (C=O) groups excluding carboxylic acids is 2. The first-order valence-electron chi connectivity index (χ1n) is 9.92. The van der Waals surface area contributed by atoms with Gasteiger partial charge < -0.3 is 19.7 Å². The molecular formula is C21H20ClN5O6S. The Bertz CT molecular complexity index is 1130. The van der Waals surface area contributed by atoms with Crippen LogP contribution in [0.5, 0.6) is 0 Å². The molecule has 0 saturated carbocycles. The van der Waals surface area contributed by atoms with Crippen LogP contribution in [0.1, 0.15) is 17.8 Å². The van der Waals surface area contributed by atoms with Gasteiger partial charge in [0.2, 0.25) is 5.82 Å². The zero-order valence-electron chi connectivity index (χ0n) is 17.7. The molecule has 0 fully saturated rings. The third-order valence-electron chi connectivity index (χ3n) is 4.52. The number of Topliss-reactive ketones (excluding diaryl/α,β-unsaturated/α-hetero) is 1. The molecular weight excluding hydrogens is 486 g/mol. The SMILES string of the molecule is O=C(O)CC(NC(=O)OCc1ccccc1)C(=O)Cn1nnnc1C[S+]([O-])c1ccc(Cl)cc1. The van der Waals surface area contributed by atoms with E-state index in [-0.39, 0.29) is 18.2 Å². The Morgan fingerprint density at radius 1 is 1.15 bits per heavy atom. The van der Waals surface area contributed by atoms with Crippen molar-refractivity contribution in [2.45, 2.75) is 36.3 Å². The molecule has 0 aliphatic rings. The molecule has 1 amide bonds. The molecule has 0 bridgehead atoms. The number of benzene rings is 2. The molecule has 0 radical (unpaired) electrons. The molecule has 2 atom stereocenters. The van der Waals surface area contributed by atoms with Gasteiger partial charge in [-0.25, -0.2) is 9.48 Å². The Morgan fingerprint density at radius 3 is 2.53 bits per heavy atom. The monoisotopic (exact) mass is 505 g/mol. The summed E-state index contributed by atoms with van der Waals surface area (Å²) >= 11 is 4.33. The van der Waals surface area contributed by atoms with E-state index in [1.54, 1.807) is 48.5 Å². The van der Waals surface area contributed by atoms with Crippen LogP contribution in [0, 0.1) is 0 Å². The van der Waals surface area contributed by atoms with Gasteiger partial charge in [-0.05, 0) is 51.4 Å². The molecule has 1 aromatic heterocycles. The Kier molecular flexibility index (Phi) is 8.96. The highest BCUT2D eigenvalue weighted by Gasteiger charge is 2.27. The fraction of sp³-hybridized carbons (Fsp3) is 0.238. The van der Waals surface area contributed by atoms with Gasteiger partial charge in [0.1, 0.15) is 19.2 Å². The number of alkyl carbamates (subject to hydrolysis) is 1. The molecule has 11 nitrogen and oxygen atoms in total. The van der Waals surface area contributed by atoms with E-state index in [2.05, 4.69) is 20.8 Å². The molecule has 0 aliphatic heterocycles. The number of aliphatic carboxylic acids is 1. The number of halogens is 1. The van der Waals surface area contributed by atoms with Gasteiger partial charge in [-0.15, -0.1) is 5.10 Å². The molecule has 0 aliphatic carbocycles. The number of carbonyl (C=O) groups is 3. The zero-order chi connectivity index (χ0) is 24.5. The van der Waals surface area contributed by atoms with Gasteiger partial charge >= 0.3 is 12.1 Å². The summed E-state index contributed by atoms with van der Waals surface area (Å²) in [6.45, 7) is -0.481. The van der Waals surface area contributed by atoms with Gasteiger partial charge in [0.25, 0.3) is 0 Å². The Balaban J connectivity index is 1.62. The van der Waals surface area contributed by atoms with Crippen molar-refractivity contribution in [2.24, 2.45) is 0 Å². The van der Waals surface area contributed by atoms with Gasteiger partial charge in [-0.1, -0.05) is 41.9 Å². The number of ether oxygens (including phenoxy) is 1. The molecule has 13 heteroatoms. The Labute approximate surface area is 202 Å². The predicted molar refractivity (Wildman–Crippen MR) is 120 cm³/mol. The van der Waals surface area contributed by atoms with Crippen molar-refractivity contribution in [3.63, 3.8) is 0 Å². The van der Waals surface area contributed by atoms with Crippen molar-refractivity contribution < 1.29 is 28.8 Å². The molecule has 2 aromatic carbocycles. The number of carboxylic acids is 1. The van der Waals surface area contributed by atoms with Gasteiger partial charge in [0.05, 0.1) is 6.42 Å². The minimum atomic E-state index is -1.51. The summed E-state index contributed by atoms with van der Waals surface area (Å²) < 4.78 is 18.8. The fourth-order valence-electron chi connectivity index (χ4n) is 2.82. The molecule has 2 unspecified atom stereocenters. The van der Waals surface area contributed by atoms with E-state index < -0.39 is 48.0 Å². The first-order valence-corrected chi connectivity index (χ1v) is 11.6. The van der Waals surface area contributed by atoms with Gasteiger partial charge in [-0.3, -0.25) is 9.59 Å². The summed E-state index contributed by atoms with van der Waals surface area (Å²) in [5.41, 5.74) is 0.728. The first kappa shape index (κ1) is 25.1. The van der Waals surface area contributed by atoms with Crippen LogP contribution in [0.3, 0.4) is 0 Å². The smallest absolute Gasteiger partial charge is 0.408 e. The maximum atomic E-state index is 12.8. The highest BCUT2D eigenvalue weighted by molar-refractivity contribution is 7.90. The van der Waals surface area contributed by atoms with Gasteiger partial charge in [-0.2, -0.15) is 0 Å². The van der Waals surface area contributed by atoms with E-state index in [0.29, 0.717) is 9.92 Å². The van der Waals surface area contributed by atoms with Crippen molar-refractivity contribution in [3.8, 4) is 0 Å². The fourth-order valence-corrected chi connectivity index (χ4v) is 3.99. The third-order valence-corrected chi connectivity index (χ3v) is 6.09. The normalized spacial score (nSPS) is 12.5. The molecule has 34 heavy (non-hydrogen) atoms. The highest BCUT2D eigenvalue weighted by atomic mass is 35.5. The lowest BCUT2D eigenvalue weighted by Crippen LogP contribution is -2.44. The number of tetrazole rings is 1. The van der Waals surface area contributed by atoms with Crippen LogP contribution < -0.4 is 5.32 Å². The molecule has 0 spiro atoms. The van der Waals surface area contributed by atoms with Crippen molar-refractivity contribution >= 4 is 40.6 Å². The number of hydrogen-bond acceptors (Lipinski definition) is 8. The van der Waals surface area contributed by atoms with Crippen LogP contribution in [0.2, 0.25) is 5.02 Å². The minimum absolute atomic E-state index is 0.0473. The second-order valence-corrected chi connectivity index (χ2v) is 8.91. The number of nitrogens with zero attached hydrogens (tertiary/aromatic N) is 4. The number of nitrogens with one attached hydrogen (secondary N) is 1. The summed E-state index contributed by atoms with van der Waals surface area (Å²) in [4.78, 5) is 36.6. The van der Waals surface area contributed by atoms with E-state index in [1.165, 1.54) is 0 Å². The molecule has 3 aromatic rings. The lowest BCUT2D eigenvalue weighted by atomic mass is 10.1. The second-order valence-electron chi connectivity index (χ2n) is 7.02. The minimum Gasteiger partial charge on any atom is -0.611 e. The number of amides is 1. The molecule has 1 heterocycles. The van der Waals surface area contributed by atoms with Crippen LogP contribution >= 0.6 is 11.6 Å². The summed E-state index contributed by atoms with van der Waals surface area (Å²) in [6.07, 6.45) is -1.60. The number of carboxylic acid groups (broad SMARTS) is 1. The topological polar surface area (TPSA) is 159 Å². The number of ketones is 1. The number of hydrogen-bond donors (Lipinski definition) is 2. The second kappa shape index (κ2) is 12.1.